The summed E-state index contributed by atoms with van der Waals surface area (Å²) in [6.07, 6.45) is 1.62. The van der Waals surface area contributed by atoms with Crippen LogP contribution in [-0.2, 0) is 16.1 Å². The molecule has 0 aliphatic heterocycles. The average molecular weight is 344 g/mol. The molecule has 25 heavy (non-hydrogen) atoms. The van der Waals surface area contributed by atoms with E-state index in [4.69, 9.17) is 0 Å². The fourth-order valence-electron chi connectivity index (χ4n) is 2.33. The highest BCUT2D eigenvalue weighted by Gasteiger charge is 2.35. The van der Waals surface area contributed by atoms with Crippen molar-refractivity contribution in [2.45, 2.75) is 40.3 Å². The minimum atomic E-state index is -1.19. The Balaban J connectivity index is 2.01. The number of carbonyl (C=O) groups is 2. The van der Waals surface area contributed by atoms with Crippen LogP contribution >= 0.6 is 0 Å². The van der Waals surface area contributed by atoms with Crippen LogP contribution in [0.2, 0.25) is 0 Å². The number of rotatable bonds is 6. The Labute approximate surface area is 146 Å². The summed E-state index contributed by atoms with van der Waals surface area (Å²) in [5.74, 6) is -0.722. The van der Waals surface area contributed by atoms with Crippen molar-refractivity contribution in [1.82, 2.24) is 20.4 Å². The molecule has 0 fully saturated rings. The summed E-state index contributed by atoms with van der Waals surface area (Å²) in [5.41, 5.74) is -1.39. The first-order chi connectivity index (χ1) is 11.7. The van der Waals surface area contributed by atoms with Gasteiger partial charge in [0, 0.05) is 18.0 Å². The standard InChI is InChI=1S/C18H24N4O3/c1-12(2)21-17(25)18(3,4)16(24)19-9-10-22-15(23)14-8-6-5-7-13(14)11-20-22/h5-8,11-12H,9-10H2,1-4H3,(H,19,24)(H,21,25). The molecule has 0 aliphatic rings. The molecule has 0 spiro atoms. The summed E-state index contributed by atoms with van der Waals surface area (Å²) in [6.45, 7) is 7.26. The highest BCUT2D eigenvalue weighted by Crippen LogP contribution is 2.15. The zero-order valence-electron chi connectivity index (χ0n) is 15.0. The van der Waals surface area contributed by atoms with E-state index in [0.29, 0.717) is 5.39 Å². The molecule has 2 N–H and O–H groups in total. The summed E-state index contributed by atoms with van der Waals surface area (Å²) >= 11 is 0. The number of hydrogen-bond donors (Lipinski definition) is 2. The van der Waals surface area contributed by atoms with Gasteiger partial charge in [-0.05, 0) is 33.8 Å². The topological polar surface area (TPSA) is 93.1 Å². The fraction of sp³-hybridized carbons (Fsp3) is 0.444. The van der Waals surface area contributed by atoms with E-state index in [1.54, 1.807) is 32.2 Å². The molecule has 7 heteroatoms. The molecule has 0 unspecified atom stereocenters. The molecule has 7 nitrogen and oxygen atoms in total. The van der Waals surface area contributed by atoms with Crippen molar-refractivity contribution in [3.05, 3.63) is 40.8 Å². The molecule has 0 saturated heterocycles. The van der Waals surface area contributed by atoms with Gasteiger partial charge in [0.2, 0.25) is 11.8 Å². The first-order valence-electron chi connectivity index (χ1n) is 8.27. The van der Waals surface area contributed by atoms with Crippen LogP contribution < -0.4 is 16.2 Å². The maximum Gasteiger partial charge on any atom is 0.274 e. The van der Waals surface area contributed by atoms with Crippen LogP contribution in [0.15, 0.2) is 35.3 Å². The smallest absolute Gasteiger partial charge is 0.274 e. The summed E-state index contributed by atoms with van der Waals surface area (Å²) in [6, 6.07) is 7.17. The van der Waals surface area contributed by atoms with Crippen LogP contribution in [0.5, 0.6) is 0 Å². The van der Waals surface area contributed by atoms with Crippen molar-refractivity contribution in [3.8, 4) is 0 Å². The van der Waals surface area contributed by atoms with Gasteiger partial charge in [-0.15, -0.1) is 0 Å². The van der Waals surface area contributed by atoms with Gasteiger partial charge in [-0.25, -0.2) is 4.68 Å². The third-order valence-corrected chi connectivity index (χ3v) is 3.93. The van der Waals surface area contributed by atoms with Gasteiger partial charge in [0.05, 0.1) is 18.1 Å². The lowest BCUT2D eigenvalue weighted by molar-refractivity contribution is -0.141. The second-order valence-corrected chi connectivity index (χ2v) is 6.77. The van der Waals surface area contributed by atoms with Gasteiger partial charge < -0.3 is 10.6 Å². The van der Waals surface area contributed by atoms with Gasteiger partial charge in [0.25, 0.3) is 5.56 Å². The molecular weight excluding hydrogens is 320 g/mol. The first-order valence-corrected chi connectivity index (χ1v) is 8.27. The lowest BCUT2D eigenvalue weighted by atomic mass is 9.90. The second-order valence-electron chi connectivity index (χ2n) is 6.77. The number of hydrogen-bond acceptors (Lipinski definition) is 4. The van der Waals surface area contributed by atoms with Crippen LogP contribution in [0.25, 0.3) is 10.8 Å². The van der Waals surface area contributed by atoms with Crippen molar-refractivity contribution in [1.29, 1.82) is 0 Å². The van der Waals surface area contributed by atoms with Crippen LogP contribution in [0.3, 0.4) is 0 Å². The van der Waals surface area contributed by atoms with Crippen molar-refractivity contribution < 1.29 is 9.59 Å². The molecule has 0 atom stereocenters. The number of carbonyl (C=O) groups excluding carboxylic acids is 2. The summed E-state index contributed by atoms with van der Waals surface area (Å²) < 4.78 is 1.31. The molecule has 0 radical (unpaired) electrons. The molecule has 1 aromatic carbocycles. The summed E-state index contributed by atoms with van der Waals surface area (Å²) in [7, 11) is 0. The molecule has 2 amide bonds. The Kier molecular flexibility index (Phi) is 5.56. The molecule has 0 bridgehead atoms. The molecule has 134 valence electrons. The lowest BCUT2D eigenvalue weighted by Crippen LogP contribution is -2.50. The van der Waals surface area contributed by atoms with E-state index >= 15 is 0 Å². The lowest BCUT2D eigenvalue weighted by Gasteiger charge is -2.24. The maximum atomic E-state index is 12.4. The van der Waals surface area contributed by atoms with Crippen LogP contribution in [0, 0.1) is 5.41 Å². The third-order valence-electron chi connectivity index (χ3n) is 3.93. The monoisotopic (exact) mass is 344 g/mol. The van der Waals surface area contributed by atoms with Gasteiger partial charge in [-0.1, -0.05) is 18.2 Å². The van der Waals surface area contributed by atoms with E-state index in [9.17, 15) is 14.4 Å². The SMILES string of the molecule is CC(C)NC(=O)C(C)(C)C(=O)NCCn1ncc2ccccc2c1=O. The highest BCUT2D eigenvalue weighted by molar-refractivity contribution is 6.04. The highest BCUT2D eigenvalue weighted by atomic mass is 16.2. The van der Waals surface area contributed by atoms with Crippen molar-refractivity contribution in [3.63, 3.8) is 0 Å². The Hall–Kier alpha value is -2.70. The number of amides is 2. The van der Waals surface area contributed by atoms with E-state index in [-0.39, 0.29) is 36.5 Å². The van der Waals surface area contributed by atoms with Gasteiger partial charge in [-0.3, -0.25) is 14.4 Å². The molecule has 2 aromatic rings. The largest absolute Gasteiger partial charge is 0.353 e. The fourth-order valence-corrected chi connectivity index (χ4v) is 2.33. The van der Waals surface area contributed by atoms with E-state index in [2.05, 4.69) is 15.7 Å². The third kappa shape index (κ3) is 4.23. The Morgan fingerprint density at radius 2 is 1.88 bits per heavy atom. The number of nitrogens with one attached hydrogen (secondary N) is 2. The Morgan fingerprint density at radius 3 is 2.56 bits per heavy atom. The zero-order valence-corrected chi connectivity index (χ0v) is 15.0. The van der Waals surface area contributed by atoms with Gasteiger partial charge in [0.1, 0.15) is 5.41 Å². The predicted octanol–water partition coefficient (Wildman–Crippen LogP) is 1.06. The van der Waals surface area contributed by atoms with Gasteiger partial charge in [-0.2, -0.15) is 5.10 Å². The molecule has 0 saturated carbocycles. The van der Waals surface area contributed by atoms with E-state index < -0.39 is 5.41 Å². The first kappa shape index (κ1) is 18.6. The number of benzene rings is 1. The Bertz CT molecular complexity index is 840. The number of nitrogens with zero attached hydrogens (tertiary/aromatic N) is 2. The average Bonchev–Trinajstić information content (AvgIpc) is 2.56. The molecule has 2 rings (SSSR count). The van der Waals surface area contributed by atoms with Crippen LogP contribution in [0.4, 0.5) is 0 Å². The minimum absolute atomic E-state index is 0.0417. The summed E-state index contributed by atoms with van der Waals surface area (Å²) in [5, 5.41) is 10.9. The number of fused-ring (bicyclic) bond motifs is 1. The Morgan fingerprint density at radius 1 is 1.20 bits per heavy atom. The molecule has 1 heterocycles. The molecule has 1 aromatic heterocycles. The normalized spacial score (nSPS) is 11.6. The minimum Gasteiger partial charge on any atom is -0.353 e. The van der Waals surface area contributed by atoms with Gasteiger partial charge >= 0.3 is 0 Å². The van der Waals surface area contributed by atoms with Crippen molar-refractivity contribution >= 4 is 22.6 Å². The van der Waals surface area contributed by atoms with Crippen LogP contribution in [-0.4, -0.2) is 34.2 Å². The van der Waals surface area contributed by atoms with E-state index in [1.165, 1.54) is 4.68 Å². The van der Waals surface area contributed by atoms with Crippen molar-refractivity contribution in [2.75, 3.05) is 6.54 Å². The summed E-state index contributed by atoms with van der Waals surface area (Å²) in [4.78, 5) is 36.8. The van der Waals surface area contributed by atoms with Gasteiger partial charge in [0.15, 0.2) is 0 Å². The zero-order chi connectivity index (χ0) is 18.6. The maximum absolute atomic E-state index is 12.4. The molecular formula is C18H24N4O3. The predicted molar refractivity (Wildman–Crippen MR) is 96.1 cm³/mol. The van der Waals surface area contributed by atoms with E-state index in [0.717, 1.165) is 5.39 Å². The van der Waals surface area contributed by atoms with Crippen molar-refractivity contribution in [2.24, 2.45) is 5.41 Å². The van der Waals surface area contributed by atoms with Crippen LogP contribution in [0.1, 0.15) is 27.7 Å². The van der Waals surface area contributed by atoms with E-state index in [1.807, 2.05) is 26.0 Å². The molecule has 0 aliphatic carbocycles. The number of aromatic nitrogens is 2. The quantitative estimate of drug-likeness (QED) is 0.767. The second kappa shape index (κ2) is 7.46.